The molecule has 0 fully saturated rings. The van der Waals surface area contributed by atoms with Crippen molar-refractivity contribution in [1.82, 2.24) is 0 Å². The second-order valence-corrected chi connectivity index (χ2v) is 8.21. The molecule has 0 saturated carbocycles. The number of benzene rings is 2. The molecule has 35 heavy (non-hydrogen) atoms. The number of nitriles is 1. The van der Waals surface area contributed by atoms with Gasteiger partial charge < -0.3 is 10.6 Å². The normalized spacial score (nSPS) is 12.7. The molecule has 2 N–H and O–H groups in total. The molecule has 0 spiro atoms. The average Bonchev–Trinajstić information content (AvgIpc) is 2.72. The number of anilines is 2. The van der Waals surface area contributed by atoms with Crippen LogP contribution in [0.2, 0.25) is 0 Å². The molecule has 0 heterocycles. The Morgan fingerprint density at radius 2 is 1.60 bits per heavy atom. The van der Waals surface area contributed by atoms with Crippen LogP contribution >= 0.6 is 22.6 Å². The highest BCUT2D eigenvalue weighted by atomic mass is 127. The van der Waals surface area contributed by atoms with Crippen molar-refractivity contribution < 1.29 is 44.3 Å². The molecule has 2 radical (unpaired) electrons. The number of carbonyl (C=O) groups excluding carboxylic acids is 1. The van der Waals surface area contributed by atoms with Crippen molar-refractivity contribution >= 4 is 47.7 Å². The van der Waals surface area contributed by atoms with E-state index >= 15 is 0 Å². The smallest absolute Gasteiger partial charge is 0.384 e. The number of hydrogen-bond acceptors (Lipinski definition) is 3. The quantitative estimate of drug-likeness (QED) is 0.171. The Balaban J connectivity index is 2.57. The Labute approximate surface area is 207 Å². The molecular formula is C20H12BF9IN3O. The van der Waals surface area contributed by atoms with Gasteiger partial charge in [-0.15, -0.1) is 0 Å². The second-order valence-electron chi connectivity index (χ2n) is 7.05. The summed E-state index contributed by atoms with van der Waals surface area (Å²) in [5, 5.41) is 8.15. The van der Waals surface area contributed by atoms with Crippen LogP contribution in [0, 0.1) is 14.9 Å². The van der Waals surface area contributed by atoms with E-state index in [0.717, 1.165) is 22.6 Å². The topological polar surface area (TPSA) is 64.9 Å². The maximum atomic E-state index is 13.7. The Morgan fingerprint density at radius 3 is 2.11 bits per heavy atom. The third-order valence-corrected chi connectivity index (χ3v) is 5.53. The molecule has 0 aliphatic carbocycles. The number of halogens is 10. The summed E-state index contributed by atoms with van der Waals surface area (Å²) in [5.41, 5.74) is -4.70. The van der Waals surface area contributed by atoms with E-state index in [-0.39, 0.29) is 30.7 Å². The van der Waals surface area contributed by atoms with Crippen molar-refractivity contribution in [3.63, 3.8) is 0 Å². The first kappa shape index (κ1) is 28.6. The second kappa shape index (κ2) is 10.2. The number of alkyl halides is 9. The first-order chi connectivity index (χ1) is 15.9. The van der Waals surface area contributed by atoms with Crippen molar-refractivity contribution in [2.75, 3.05) is 17.2 Å². The zero-order valence-electron chi connectivity index (χ0n) is 17.1. The van der Waals surface area contributed by atoms with Crippen molar-refractivity contribution in [2.24, 2.45) is 0 Å². The molecule has 0 aliphatic rings. The molecule has 0 atom stereocenters. The molecule has 186 valence electrons. The van der Waals surface area contributed by atoms with Crippen molar-refractivity contribution in [1.29, 1.82) is 5.26 Å². The molecule has 0 bridgehead atoms. The van der Waals surface area contributed by atoms with Gasteiger partial charge in [-0.05, 0) is 58.5 Å². The molecule has 1 amide bonds. The summed E-state index contributed by atoms with van der Waals surface area (Å²) in [7, 11) is 4.63. The maximum Gasteiger partial charge on any atom is 0.418 e. The fraction of sp³-hybridized carbons (Fsp3) is 0.300. The number of rotatable bonds is 6. The van der Waals surface area contributed by atoms with Crippen molar-refractivity contribution in [3.05, 3.63) is 56.7 Å². The Kier molecular flexibility index (Phi) is 8.30. The van der Waals surface area contributed by atoms with Gasteiger partial charge in [0.05, 0.1) is 23.7 Å². The molecule has 15 heteroatoms. The van der Waals surface area contributed by atoms with Crippen LogP contribution < -0.4 is 10.6 Å². The lowest BCUT2D eigenvalue weighted by Gasteiger charge is -2.36. The van der Waals surface area contributed by atoms with E-state index in [0.29, 0.717) is 5.69 Å². The minimum absolute atomic E-state index is 0.119. The van der Waals surface area contributed by atoms with E-state index in [1.165, 1.54) is 24.3 Å². The third-order valence-electron chi connectivity index (χ3n) is 4.67. The Bertz CT molecular complexity index is 1130. The Morgan fingerprint density at radius 1 is 1.00 bits per heavy atom. The summed E-state index contributed by atoms with van der Waals surface area (Å²) < 4.78 is 120. The van der Waals surface area contributed by atoms with Gasteiger partial charge in [-0.25, -0.2) is 0 Å². The van der Waals surface area contributed by atoms with Crippen LogP contribution in [0.3, 0.4) is 0 Å². The summed E-state index contributed by atoms with van der Waals surface area (Å²) in [6, 6.07) is 7.01. The summed E-state index contributed by atoms with van der Waals surface area (Å²) in [6.45, 7) is 0.207. The number of nitrogens with one attached hydrogen (secondary N) is 2. The zero-order chi connectivity index (χ0) is 26.8. The molecule has 4 nitrogen and oxygen atoms in total. The molecule has 0 aliphatic heterocycles. The van der Waals surface area contributed by atoms with Crippen molar-refractivity contribution in [3.8, 4) is 6.07 Å². The number of amides is 1. The van der Waals surface area contributed by atoms with Crippen molar-refractivity contribution in [2.45, 2.75) is 30.3 Å². The van der Waals surface area contributed by atoms with Gasteiger partial charge in [0, 0.05) is 21.4 Å². The van der Waals surface area contributed by atoms with Crippen LogP contribution in [0.4, 0.5) is 50.9 Å². The molecule has 0 aromatic heterocycles. The lowest BCUT2D eigenvalue weighted by Crippen LogP contribution is -2.54. The number of carbonyl (C=O) groups is 1. The molecule has 2 rings (SSSR count). The predicted molar refractivity (Wildman–Crippen MR) is 117 cm³/mol. The van der Waals surface area contributed by atoms with E-state index in [4.69, 9.17) is 5.26 Å². The van der Waals surface area contributed by atoms with Gasteiger partial charge in [0.2, 0.25) is 0 Å². The monoisotopic (exact) mass is 619 g/mol. The summed E-state index contributed by atoms with van der Waals surface area (Å²) in [6.07, 6.45) is -17.7. The zero-order valence-corrected chi connectivity index (χ0v) is 19.2. The molecule has 0 unspecified atom stereocenters. The van der Waals surface area contributed by atoms with Gasteiger partial charge in [-0.2, -0.15) is 44.8 Å². The summed E-state index contributed by atoms with van der Waals surface area (Å²) in [5.74, 6) is -1.12. The minimum Gasteiger partial charge on any atom is -0.384 e. The standard InChI is InChI=1S/C20H12BF9IN3O/c21-17(19(25,26)27,20(28,29)30)11-8-13(18(22,23)24)15(14(31)9-11)34-16(35)10-3-1-4-12(7-10)33-6-2-5-32/h1,3-4,7-9,33H,2,6H2,(H,34,35). The van der Waals surface area contributed by atoms with Gasteiger partial charge in [0.1, 0.15) is 13.2 Å². The first-order valence-corrected chi connectivity index (χ1v) is 10.4. The van der Waals surface area contributed by atoms with Crippen LogP contribution in [0.1, 0.15) is 27.9 Å². The lowest BCUT2D eigenvalue weighted by molar-refractivity contribution is -0.273. The molecule has 2 aromatic rings. The third kappa shape index (κ3) is 6.14. The fourth-order valence-electron chi connectivity index (χ4n) is 2.89. The van der Waals surface area contributed by atoms with Crippen LogP contribution in [-0.4, -0.2) is 32.7 Å². The molecule has 0 saturated heterocycles. The first-order valence-electron chi connectivity index (χ1n) is 9.29. The fourth-order valence-corrected chi connectivity index (χ4v) is 3.65. The van der Waals surface area contributed by atoms with Crippen LogP contribution in [0.15, 0.2) is 36.4 Å². The lowest BCUT2D eigenvalue weighted by atomic mass is 9.62. The van der Waals surface area contributed by atoms with E-state index in [2.05, 4.69) is 13.2 Å². The molecule has 2 aromatic carbocycles. The molecular weight excluding hydrogens is 607 g/mol. The number of nitrogens with zero attached hydrogens (tertiary/aromatic N) is 1. The van der Waals surface area contributed by atoms with E-state index in [1.54, 1.807) is 0 Å². The summed E-state index contributed by atoms with van der Waals surface area (Å²) >= 11 is 1.08. The largest absolute Gasteiger partial charge is 0.418 e. The van der Waals surface area contributed by atoms with Crippen LogP contribution in [0.25, 0.3) is 0 Å². The highest BCUT2D eigenvalue weighted by Crippen LogP contribution is 2.51. The highest BCUT2D eigenvalue weighted by Gasteiger charge is 2.67. The van der Waals surface area contributed by atoms with Gasteiger partial charge in [0.25, 0.3) is 5.91 Å². The number of hydrogen-bond donors (Lipinski definition) is 2. The SMILES string of the molecule is [B]C(c1cc(I)c(NC(=O)c2cccc(NCCC#N)c2)c(C(F)(F)F)c1)(C(F)(F)F)C(F)(F)F. The van der Waals surface area contributed by atoms with E-state index < -0.39 is 50.1 Å². The summed E-state index contributed by atoms with van der Waals surface area (Å²) in [4.78, 5) is 12.6. The average molecular weight is 619 g/mol. The van der Waals surface area contributed by atoms with Gasteiger partial charge in [-0.1, -0.05) is 6.07 Å². The van der Waals surface area contributed by atoms with Gasteiger partial charge in [0.15, 0.2) is 0 Å². The van der Waals surface area contributed by atoms with E-state index in [9.17, 15) is 44.3 Å². The minimum atomic E-state index is -6.18. The van der Waals surface area contributed by atoms with Gasteiger partial charge >= 0.3 is 18.5 Å². The van der Waals surface area contributed by atoms with Crippen LogP contribution in [-0.2, 0) is 11.5 Å². The van der Waals surface area contributed by atoms with Gasteiger partial charge in [-0.3, -0.25) is 4.79 Å². The van der Waals surface area contributed by atoms with E-state index in [1.807, 2.05) is 11.4 Å². The Hall–Kier alpha value is -2.64. The van der Waals surface area contributed by atoms with Crippen LogP contribution in [0.5, 0.6) is 0 Å². The maximum absolute atomic E-state index is 13.7. The predicted octanol–water partition coefficient (Wildman–Crippen LogP) is 6.38. The highest BCUT2D eigenvalue weighted by molar-refractivity contribution is 14.1.